The van der Waals surface area contributed by atoms with Gasteiger partial charge in [0.25, 0.3) is 5.91 Å². The highest BCUT2D eigenvalue weighted by molar-refractivity contribution is 6.30. The molecule has 0 atom stereocenters. The van der Waals surface area contributed by atoms with Crippen LogP contribution in [0, 0.1) is 0 Å². The molecule has 0 saturated carbocycles. The monoisotopic (exact) mass is 323 g/mol. The predicted octanol–water partition coefficient (Wildman–Crippen LogP) is 3.52. The van der Waals surface area contributed by atoms with E-state index in [-0.39, 0.29) is 11.8 Å². The molecule has 23 heavy (non-hydrogen) atoms. The van der Waals surface area contributed by atoms with Crippen molar-refractivity contribution in [1.29, 1.82) is 0 Å². The van der Waals surface area contributed by atoms with E-state index in [9.17, 15) is 4.79 Å². The molecule has 1 amide bonds. The molecule has 0 bridgehead atoms. The molecular weight excluding hydrogens is 310 g/mol. The highest BCUT2D eigenvalue weighted by atomic mass is 35.5. The third-order valence-electron chi connectivity index (χ3n) is 4.15. The lowest BCUT2D eigenvalue weighted by Gasteiger charge is -2.38. The average molecular weight is 324 g/mol. The smallest absolute Gasteiger partial charge is 0.253 e. The van der Waals surface area contributed by atoms with Gasteiger partial charge in [-0.1, -0.05) is 23.7 Å². The number of hydrogen-bond donors (Lipinski definition) is 0. The molecule has 1 saturated heterocycles. The van der Waals surface area contributed by atoms with E-state index in [1.54, 1.807) is 24.3 Å². The molecule has 1 aromatic heterocycles. The quantitative estimate of drug-likeness (QED) is 0.725. The fourth-order valence-electron chi connectivity index (χ4n) is 2.77. The Morgan fingerprint density at radius 1 is 1.04 bits per heavy atom. The fourth-order valence-corrected chi connectivity index (χ4v) is 2.90. The number of halogens is 1. The summed E-state index contributed by atoms with van der Waals surface area (Å²) in [6.45, 7) is 1.35. The summed E-state index contributed by atoms with van der Waals surface area (Å²) in [6.07, 6.45) is 1.82. The van der Waals surface area contributed by atoms with E-state index in [0.29, 0.717) is 23.7 Å². The summed E-state index contributed by atoms with van der Waals surface area (Å²) in [5.74, 6) is 0.287. The van der Waals surface area contributed by atoms with Gasteiger partial charge < -0.3 is 4.90 Å². The van der Waals surface area contributed by atoms with Gasteiger partial charge in [0.15, 0.2) is 0 Å². The topological polar surface area (TPSA) is 46.1 Å². The Labute approximate surface area is 138 Å². The van der Waals surface area contributed by atoms with Gasteiger partial charge in [-0.3, -0.25) is 9.78 Å². The van der Waals surface area contributed by atoms with Gasteiger partial charge in [-0.2, -0.15) is 0 Å². The van der Waals surface area contributed by atoms with E-state index in [2.05, 4.69) is 9.97 Å². The Kier molecular flexibility index (Phi) is 3.46. The first-order valence-electron chi connectivity index (χ1n) is 7.47. The van der Waals surface area contributed by atoms with Crippen LogP contribution in [0.4, 0.5) is 0 Å². The maximum absolute atomic E-state index is 12.4. The number of hydrogen-bond acceptors (Lipinski definition) is 3. The lowest BCUT2D eigenvalue weighted by molar-refractivity contribution is 0.0598. The predicted molar refractivity (Wildman–Crippen MR) is 89.6 cm³/mol. The first kappa shape index (κ1) is 14.2. The summed E-state index contributed by atoms with van der Waals surface area (Å²) >= 11 is 5.85. The van der Waals surface area contributed by atoms with E-state index in [1.807, 2.05) is 35.4 Å². The zero-order valence-corrected chi connectivity index (χ0v) is 13.1. The first-order chi connectivity index (χ1) is 11.2. The second-order valence-electron chi connectivity index (χ2n) is 5.70. The molecule has 1 aliphatic heterocycles. The number of aromatic nitrogens is 2. The second kappa shape index (κ2) is 5.63. The SMILES string of the molecule is O=C(c1ccc(Cl)cc1)N1CC(c2cnc3ccccc3n2)C1. The van der Waals surface area contributed by atoms with E-state index in [1.165, 1.54) is 0 Å². The first-order valence-corrected chi connectivity index (χ1v) is 7.85. The summed E-state index contributed by atoms with van der Waals surface area (Å²) in [6, 6.07) is 14.8. The summed E-state index contributed by atoms with van der Waals surface area (Å²) in [7, 11) is 0. The molecule has 1 fully saturated rings. The third kappa shape index (κ3) is 2.66. The zero-order valence-electron chi connectivity index (χ0n) is 12.3. The number of fused-ring (bicyclic) bond motifs is 1. The fraction of sp³-hybridized carbons (Fsp3) is 0.167. The lowest BCUT2D eigenvalue weighted by Crippen LogP contribution is -2.48. The minimum atomic E-state index is 0.0339. The van der Waals surface area contributed by atoms with Gasteiger partial charge in [-0.25, -0.2) is 4.98 Å². The molecule has 1 aliphatic rings. The van der Waals surface area contributed by atoms with Gasteiger partial charge in [0.1, 0.15) is 0 Å². The number of para-hydroxylation sites is 2. The molecule has 114 valence electrons. The van der Waals surface area contributed by atoms with Crippen LogP contribution in [0.15, 0.2) is 54.7 Å². The van der Waals surface area contributed by atoms with Crippen LogP contribution in [0.2, 0.25) is 5.02 Å². The van der Waals surface area contributed by atoms with Gasteiger partial charge in [0, 0.05) is 35.8 Å². The summed E-state index contributed by atoms with van der Waals surface area (Å²) in [5, 5.41) is 0.634. The Bertz CT molecular complexity index is 873. The molecule has 2 aromatic carbocycles. The van der Waals surface area contributed by atoms with E-state index < -0.39 is 0 Å². The van der Waals surface area contributed by atoms with Crippen molar-refractivity contribution in [2.75, 3.05) is 13.1 Å². The number of carbonyl (C=O) groups is 1. The molecule has 2 heterocycles. The van der Waals surface area contributed by atoms with E-state index in [0.717, 1.165) is 16.7 Å². The van der Waals surface area contributed by atoms with Crippen molar-refractivity contribution >= 4 is 28.5 Å². The number of rotatable bonds is 2. The largest absolute Gasteiger partial charge is 0.337 e. The summed E-state index contributed by atoms with van der Waals surface area (Å²) in [4.78, 5) is 23.3. The molecule has 4 rings (SSSR count). The Balaban J connectivity index is 1.47. The molecule has 0 radical (unpaired) electrons. The molecule has 0 aliphatic carbocycles. The van der Waals surface area contributed by atoms with Crippen LogP contribution in [-0.2, 0) is 0 Å². The molecule has 0 N–H and O–H groups in total. The number of benzene rings is 2. The molecular formula is C18H14ClN3O. The third-order valence-corrected chi connectivity index (χ3v) is 4.40. The number of likely N-dealkylation sites (tertiary alicyclic amines) is 1. The van der Waals surface area contributed by atoms with Crippen LogP contribution < -0.4 is 0 Å². The van der Waals surface area contributed by atoms with Crippen LogP contribution in [0.5, 0.6) is 0 Å². The maximum atomic E-state index is 12.4. The molecule has 0 unspecified atom stereocenters. The Morgan fingerprint density at radius 3 is 2.48 bits per heavy atom. The Morgan fingerprint density at radius 2 is 1.74 bits per heavy atom. The molecule has 4 nitrogen and oxygen atoms in total. The van der Waals surface area contributed by atoms with Crippen molar-refractivity contribution in [2.45, 2.75) is 5.92 Å². The van der Waals surface area contributed by atoms with E-state index in [4.69, 9.17) is 11.6 Å². The normalized spacial score (nSPS) is 14.7. The van der Waals surface area contributed by atoms with Crippen molar-refractivity contribution in [2.24, 2.45) is 0 Å². The van der Waals surface area contributed by atoms with Gasteiger partial charge in [0.2, 0.25) is 0 Å². The van der Waals surface area contributed by atoms with Crippen molar-refractivity contribution in [1.82, 2.24) is 14.9 Å². The average Bonchev–Trinajstić information content (AvgIpc) is 2.54. The van der Waals surface area contributed by atoms with Crippen molar-refractivity contribution in [3.63, 3.8) is 0 Å². The van der Waals surface area contributed by atoms with Crippen LogP contribution in [-0.4, -0.2) is 33.9 Å². The number of amides is 1. The Hall–Kier alpha value is -2.46. The highest BCUT2D eigenvalue weighted by Crippen LogP contribution is 2.27. The van der Waals surface area contributed by atoms with E-state index >= 15 is 0 Å². The lowest BCUT2D eigenvalue weighted by atomic mass is 9.95. The van der Waals surface area contributed by atoms with Gasteiger partial charge >= 0.3 is 0 Å². The number of carbonyl (C=O) groups excluding carboxylic acids is 1. The van der Waals surface area contributed by atoms with Crippen LogP contribution in [0.3, 0.4) is 0 Å². The minimum absolute atomic E-state index is 0.0339. The molecule has 3 aromatic rings. The van der Waals surface area contributed by atoms with Crippen LogP contribution in [0.25, 0.3) is 11.0 Å². The van der Waals surface area contributed by atoms with Crippen molar-refractivity contribution in [3.8, 4) is 0 Å². The van der Waals surface area contributed by atoms with Gasteiger partial charge in [0.05, 0.1) is 16.7 Å². The summed E-state index contributed by atoms with van der Waals surface area (Å²) in [5.41, 5.74) is 3.40. The minimum Gasteiger partial charge on any atom is -0.337 e. The zero-order chi connectivity index (χ0) is 15.8. The highest BCUT2D eigenvalue weighted by Gasteiger charge is 2.33. The van der Waals surface area contributed by atoms with Gasteiger partial charge in [-0.15, -0.1) is 0 Å². The van der Waals surface area contributed by atoms with Crippen LogP contribution in [0.1, 0.15) is 22.0 Å². The molecule has 5 heteroatoms. The van der Waals surface area contributed by atoms with Crippen molar-refractivity contribution < 1.29 is 4.79 Å². The maximum Gasteiger partial charge on any atom is 0.253 e. The van der Waals surface area contributed by atoms with Gasteiger partial charge in [-0.05, 0) is 36.4 Å². The summed E-state index contributed by atoms with van der Waals surface area (Å²) < 4.78 is 0. The van der Waals surface area contributed by atoms with Crippen molar-refractivity contribution in [3.05, 3.63) is 71.0 Å². The molecule has 0 spiro atoms. The van der Waals surface area contributed by atoms with Crippen LogP contribution >= 0.6 is 11.6 Å². The number of nitrogens with zero attached hydrogens (tertiary/aromatic N) is 3. The second-order valence-corrected chi connectivity index (χ2v) is 6.13. The standard InChI is InChI=1S/C18H14ClN3O/c19-14-7-5-12(6-8-14)18(23)22-10-13(11-22)17-9-20-15-3-1-2-4-16(15)21-17/h1-9,13H,10-11H2.